The van der Waals surface area contributed by atoms with Gasteiger partial charge in [0.2, 0.25) is 0 Å². The van der Waals surface area contributed by atoms with Crippen molar-refractivity contribution in [2.45, 2.75) is 18.3 Å². The summed E-state index contributed by atoms with van der Waals surface area (Å²) in [6.45, 7) is 0. The van der Waals surface area contributed by atoms with Crippen LogP contribution in [0, 0.1) is 0 Å². The predicted octanol–water partition coefficient (Wildman–Crippen LogP) is 5.67. The highest BCUT2D eigenvalue weighted by Gasteiger charge is 2.64. The number of methoxy groups -OCH3 is 1. The van der Waals surface area contributed by atoms with E-state index in [4.69, 9.17) is 0 Å². The molecule has 3 rings (SSSR count). The van der Waals surface area contributed by atoms with Crippen molar-refractivity contribution in [2.75, 3.05) is 7.11 Å². The van der Waals surface area contributed by atoms with E-state index in [1.165, 1.54) is 24.3 Å². The second kappa shape index (κ2) is 7.83. The summed E-state index contributed by atoms with van der Waals surface area (Å²) in [4.78, 5) is 15.7. The van der Waals surface area contributed by atoms with Gasteiger partial charge in [-0.1, -0.05) is 12.1 Å². The van der Waals surface area contributed by atoms with E-state index < -0.39 is 46.2 Å². The number of thiazole rings is 1. The fourth-order valence-electron chi connectivity index (χ4n) is 2.83. The maximum absolute atomic E-state index is 13.8. The van der Waals surface area contributed by atoms with Crippen LogP contribution in [0.5, 0.6) is 0 Å². The third-order valence-electron chi connectivity index (χ3n) is 4.26. The number of benzene rings is 1. The third kappa shape index (κ3) is 4.06. The van der Waals surface area contributed by atoms with Crippen LogP contribution in [0.25, 0.3) is 21.1 Å². The third-order valence-corrected chi connectivity index (χ3v) is 5.31. The molecule has 0 N–H and O–H groups in total. The van der Waals surface area contributed by atoms with Crippen molar-refractivity contribution >= 4 is 17.3 Å². The van der Waals surface area contributed by atoms with E-state index in [9.17, 15) is 39.9 Å². The van der Waals surface area contributed by atoms with Crippen molar-refractivity contribution in [3.63, 3.8) is 0 Å². The van der Waals surface area contributed by atoms with E-state index in [-0.39, 0.29) is 15.1 Å². The summed E-state index contributed by atoms with van der Waals surface area (Å²) < 4.78 is 112. The zero-order valence-corrected chi connectivity index (χ0v) is 16.8. The molecule has 1 aromatic carbocycles. The van der Waals surface area contributed by atoms with Crippen LogP contribution in [0.15, 0.2) is 30.5 Å². The number of rotatable bonds is 4. The zero-order chi connectivity index (χ0) is 24.1. The molecule has 0 aliphatic carbocycles. The molecule has 0 unspecified atom stereocenters. The van der Waals surface area contributed by atoms with E-state index >= 15 is 0 Å². The number of aromatic nitrogens is 3. The molecule has 0 fully saturated rings. The highest BCUT2D eigenvalue weighted by Crippen LogP contribution is 2.50. The van der Waals surface area contributed by atoms with Gasteiger partial charge in [0.05, 0.1) is 17.6 Å². The molecule has 32 heavy (non-hydrogen) atoms. The Bertz CT molecular complexity index is 1160. The number of aryl methyl sites for hydroxylation is 1. The Kier molecular flexibility index (Phi) is 5.78. The van der Waals surface area contributed by atoms with Crippen LogP contribution < -0.4 is 0 Å². The smallest absolute Gasteiger partial charge is 0.459 e. The predicted molar refractivity (Wildman–Crippen MR) is 96.0 cm³/mol. The van der Waals surface area contributed by atoms with Crippen LogP contribution in [-0.4, -0.2) is 34.0 Å². The first-order chi connectivity index (χ1) is 14.7. The Morgan fingerprint density at radius 3 is 2.31 bits per heavy atom. The number of hydrogen-bond donors (Lipinski definition) is 0. The first-order valence-corrected chi connectivity index (χ1v) is 9.24. The molecule has 3 aromatic rings. The lowest BCUT2D eigenvalue weighted by molar-refractivity contribution is -0.292. The molecule has 0 saturated carbocycles. The lowest BCUT2D eigenvalue weighted by Crippen LogP contribution is -2.36. The largest absolute Gasteiger partial charge is 0.465 e. The van der Waals surface area contributed by atoms with Gasteiger partial charge in [-0.3, -0.25) is 4.68 Å². The summed E-state index contributed by atoms with van der Waals surface area (Å²) in [5.41, 5.74) is -5.26. The van der Waals surface area contributed by atoms with Gasteiger partial charge < -0.3 is 4.74 Å². The second-order valence-electron chi connectivity index (χ2n) is 6.37. The standard InChI is InChI=1S/C18H11F8N3O2S/c1-29-12(11(17(21,22)23)13(28-29)16(19,20)18(24,25)26)14-27-7-10(32-14)8-4-3-5-9(6-8)15(30)31-2/h3-7H,1-2H3. The van der Waals surface area contributed by atoms with Crippen molar-refractivity contribution in [3.05, 3.63) is 47.3 Å². The van der Waals surface area contributed by atoms with Gasteiger partial charge in [-0.25, -0.2) is 9.78 Å². The fraction of sp³-hybridized carbons (Fsp3) is 0.278. The van der Waals surface area contributed by atoms with Gasteiger partial charge in [-0.05, 0) is 17.7 Å². The van der Waals surface area contributed by atoms with Gasteiger partial charge in [-0.15, -0.1) is 11.3 Å². The quantitative estimate of drug-likeness (QED) is 0.353. The summed E-state index contributed by atoms with van der Waals surface area (Å²) in [5.74, 6) is -6.52. The van der Waals surface area contributed by atoms with Gasteiger partial charge in [0, 0.05) is 13.2 Å². The maximum Gasteiger partial charge on any atom is 0.459 e. The minimum absolute atomic E-state index is 0.128. The van der Waals surface area contributed by atoms with Crippen LogP contribution in [0.2, 0.25) is 0 Å². The lowest BCUT2D eigenvalue weighted by Gasteiger charge is -2.19. The van der Waals surface area contributed by atoms with Crippen LogP contribution in [0.4, 0.5) is 35.1 Å². The Morgan fingerprint density at radius 1 is 1.09 bits per heavy atom. The van der Waals surface area contributed by atoms with E-state index in [0.29, 0.717) is 16.9 Å². The van der Waals surface area contributed by atoms with Crippen molar-refractivity contribution in [3.8, 4) is 21.1 Å². The molecule has 0 radical (unpaired) electrons. The summed E-state index contributed by atoms with van der Waals surface area (Å²) in [7, 11) is 1.95. The number of nitrogens with zero attached hydrogens (tertiary/aromatic N) is 3. The summed E-state index contributed by atoms with van der Waals surface area (Å²) in [5, 5.41) is 2.36. The molecule has 0 atom stereocenters. The number of carbonyl (C=O) groups is 1. The zero-order valence-electron chi connectivity index (χ0n) is 16.0. The second-order valence-corrected chi connectivity index (χ2v) is 7.40. The van der Waals surface area contributed by atoms with Gasteiger partial charge in [0.25, 0.3) is 0 Å². The van der Waals surface area contributed by atoms with Crippen molar-refractivity contribution < 1.29 is 44.7 Å². The minimum atomic E-state index is -6.29. The van der Waals surface area contributed by atoms with Gasteiger partial charge in [0.1, 0.15) is 16.3 Å². The molecule has 0 bridgehead atoms. The fourth-order valence-corrected chi connectivity index (χ4v) is 3.82. The van der Waals surface area contributed by atoms with Crippen molar-refractivity contribution in [2.24, 2.45) is 7.05 Å². The van der Waals surface area contributed by atoms with Gasteiger partial charge in [-0.2, -0.15) is 40.2 Å². The molecule has 0 aliphatic rings. The average Bonchev–Trinajstić information content (AvgIpc) is 3.30. The molecule has 0 aliphatic heterocycles. The molecular weight excluding hydrogens is 474 g/mol. The highest BCUT2D eigenvalue weighted by atomic mass is 32.1. The topological polar surface area (TPSA) is 57.0 Å². The molecule has 0 amide bonds. The number of alkyl halides is 8. The Labute approximate surface area is 178 Å². The number of halogens is 8. The Morgan fingerprint density at radius 2 is 1.75 bits per heavy atom. The molecule has 0 spiro atoms. The van der Waals surface area contributed by atoms with E-state index in [1.54, 1.807) is 0 Å². The lowest BCUT2D eigenvalue weighted by atomic mass is 10.1. The average molecular weight is 485 g/mol. The molecule has 2 heterocycles. The Hall–Kier alpha value is -3.03. The van der Waals surface area contributed by atoms with Gasteiger partial charge >= 0.3 is 24.2 Å². The number of ether oxygens (including phenoxy) is 1. The summed E-state index contributed by atoms with van der Waals surface area (Å²) >= 11 is 0.593. The first kappa shape index (κ1) is 23.6. The monoisotopic (exact) mass is 485 g/mol. The van der Waals surface area contributed by atoms with E-state index in [1.807, 2.05) is 0 Å². The summed E-state index contributed by atoms with van der Waals surface area (Å²) in [6, 6.07) is 5.75. The molecule has 5 nitrogen and oxygen atoms in total. The van der Waals surface area contributed by atoms with E-state index in [2.05, 4.69) is 14.8 Å². The molecule has 172 valence electrons. The number of carbonyl (C=O) groups excluding carboxylic acids is 1. The highest BCUT2D eigenvalue weighted by molar-refractivity contribution is 7.18. The van der Waals surface area contributed by atoms with Crippen molar-refractivity contribution in [1.29, 1.82) is 0 Å². The normalized spacial score (nSPS) is 12.8. The molecule has 14 heteroatoms. The number of esters is 1. The Balaban J connectivity index is 2.17. The summed E-state index contributed by atoms with van der Waals surface area (Å²) in [6.07, 6.45) is -10.8. The molecule has 2 aromatic heterocycles. The SMILES string of the molecule is COC(=O)c1cccc(-c2cnc(-c3c(C(F)(F)F)c(C(F)(F)C(F)(F)F)nn3C)s2)c1. The molecular formula is C18H11F8N3O2S. The number of hydrogen-bond acceptors (Lipinski definition) is 5. The molecule has 0 saturated heterocycles. The van der Waals surface area contributed by atoms with Gasteiger partial charge in [0.15, 0.2) is 5.69 Å². The van der Waals surface area contributed by atoms with Crippen LogP contribution in [0.1, 0.15) is 21.6 Å². The van der Waals surface area contributed by atoms with Crippen LogP contribution in [0.3, 0.4) is 0 Å². The van der Waals surface area contributed by atoms with Crippen LogP contribution in [-0.2, 0) is 23.9 Å². The van der Waals surface area contributed by atoms with Crippen molar-refractivity contribution in [1.82, 2.24) is 14.8 Å². The maximum atomic E-state index is 13.8. The van der Waals surface area contributed by atoms with Crippen LogP contribution >= 0.6 is 11.3 Å². The first-order valence-electron chi connectivity index (χ1n) is 8.42. The van der Waals surface area contributed by atoms with E-state index in [0.717, 1.165) is 20.4 Å². The minimum Gasteiger partial charge on any atom is -0.465 e.